The Bertz CT molecular complexity index is 635. The summed E-state index contributed by atoms with van der Waals surface area (Å²) >= 11 is 0. The SMILES string of the molecule is CCOC(=O)C([C@]1(O)CC1(C)C)S(=O)(=O)c1ccccc1. The lowest BCUT2D eigenvalue weighted by atomic mass is 10.0. The molecule has 1 N–H and O–H groups in total. The van der Waals surface area contributed by atoms with Crippen LogP contribution >= 0.6 is 0 Å². The van der Waals surface area contributed by atoms with Crippen molar-refractivity contribution in [3.8, 4) is 0 Å². The van der Waals surface area contributed by atoms with Gasteiger partial charge in [-0.25, -0.2) is 8.42 Å². The minimum Gasteiger partial charge on any atom is -0.465 e. The fraction of sp³-hybridized carbons (Fsp3) is 0.533. The van der Waals surface area contributed by atoms with Crippen molar-refractivity contribution in [3.63, 3.8) is 0 Å². The lowest BCUT2D eigenvalue weighted by molar-refractivity contribution is -0.145. The highest BCUT2D eigenvalue weighted by Crippen LogP contribution is 2.59. The normalized spacial score (nSPS) is 25.1. The van der Waals surface area contributed by atoms with Crippen LogP contribution in [0.15, 0.2) is 35.2 Å². The van der Waals surface area contributed by atoms with Gasteiger partial charge in [0.15, 0.2) is 15.1 Å². The minimum absolute atomic E-state index is 0.0131. The quantitative estimate of drug-likeness (QED) is 0.834. The second-order valence-corrected chi connectivity index (χ2v) is 8.01. The molecule has 1 aromatic carbocycles. The molecule has 1 aromatic rings. The smallest absolute Gasteiger partial charge is 0.327 e. The maximum Gasteiger partial charge on any atom is 0.327 e. The Morgan fingerprint density at radius 1 is 1.33 bits per heavy atom. The molecule has 0 aromatic heterocycles. The second-order valence-electron chi connectivity index (χ2n) is 5.98. The molecule has 0 aliphatic heterocycles. The van der Waals surface area contributed by atoms with Gasteiger partial charge < -0.3 is 9.84 Å². The van der Waals surface area contributed by atoms with Crippen LogP contribution in [0.5, 0.6) is 0 Å². The predicted molar refractivity (Wildman–Crippen MR) is 77.4 cm³/mol. The summed E-state index contributed by atoms with van der Waals surface area (Å²) in [5.41, 5.74) is -2.22. The monoisotopic (exact) mass is 312 g/mol. The molecule has 1 aliphatic carbocycles. The summed E-state index contributed by atoms with van der Waals surface area (Å²) < 4.78 is 30.4. The van der Waals surface area contributed by atoms with E-state index in [1.54, 1.807) is 39.0 Å². The van der Waals surface area contributed by atoms with E-state index in [2.05, 4.69) is 0 Å². The van der Waals surface area contributed by atoms with E-state index in [0.29, 0.717) is 0 Å². The number of rotatable bonds is 5. The molecule has 21 heavy (non-hydrogen) atoms. The summed E-state index contributed by atoms with van der Waals surface area (Å²) in [6.45, 7) is 5.14. The molecule has 1 unspecified atom stereocenters. The Labute approximate surface area is 124 Å². The molecule has 0 radical (unpaired) electrons. The maximum atomic E-state index is 12.8. The molecule has 6 heteroatoms. The van der Waals surface area contributed by atoms with Gasteiger partial charge in [0.05, 0.1) is 17.1 Å². The summed E-state index contributed by atoms with van der Waals surface area (Å²) in [7, 11) is -4.01. The van der Waals surface area contributed by atoms with Crippen molar-refractivity contribution < 1.29 is 23.1 Å². The zero-order valence-corrected chi connectivity index (χ0v) is 13.2. The number of carbonyl (C=O) groups excluding carboxylic acids is 1. The fourth-order valence-electron chi connectivity index (χ4n) is 2.62. The van der Waals surface area contributed by atoms with Crippen LogP contribution < -0.4 is 0 Å². The third kappa shape index (κ3) is 2.58. The fourth-order valence-corrected chi connectivity index (χ4v) is 4.67. The Morgan fingerprint density at radius 2 is 1.86 bits per heavy atom. The highest BCUT2D eigenvalue weighted by atomic mass is 32.2. The zero-order valence-electron chi connectivity index (χ0n) is 12.4. The van der Waals surface area contributed by atoms with Gasteiger partial charge in [0, 0.05) is 0 Å². The lowest BCUT2D eigenvalue weighted by Crippen LogP contribution is -2.46. The predicted octanol–water partition coefficient (Wildman–Crippen LogP) is 1.55. The van der Waals surface area contributed by atoms with Crippen molar-refractivity contribution in [1.82, 2.24) is 0 Å². The second kappa shape index (κ2) is 5.10. The molecule has 0 bridgehead atoms. The number of ether oxygens (including phenoxy) is 1. The van der Waals surface area contributed by atoms with E-state index < -0.39 is 32.1 Å². The van der Waals surface area contributed by atoms with Crippen molar-refractivity contribution in [2.45, 2.75) is 42.9 Å². The number of benzene rings is 1. The number of carbonyl (C=O) groups is 1. The number of esters is 1. The largest absolute Gasteiger partial charge is 0.465 e. The van der Waals surface area contributed by atoms with Crippen LogP contribution in [0.1, 0.15) is 27.2 Å². The van der Waals surface area contributed by atoms with E-state index in [-0.39, 0.29) is 17.9 Å². The van der Waals surface area contributed by atoms with Gasteiger partial charge in [-0.05, 0) is 30.9 Å². The molecule has 1 fully saturated rings. The average Bonchev–Trinajstić information content (AvgIpc) is 2.89. The molecular formula is C15H20O5S. The summed E-state index contributed by atoms with van der Waals surface area (Å²) in [6, 6.07) is 7.68. The molecule has 5 nitrogen and oxygen atoms in total. The van der Waals surface area contributed by atoms with Gasteiger partial charge in [0.2, 0.25) is 0 Å². The molecule has 2 atom stereocenters. The van der Waals surface area contributed by atoms with Gasteiger partial charge in [0.1, 0.15) is 0 Å². The van der Waals surface area contributed by atoms with Crippen LogP contribution in [-0.2, 0) is 19.4 Å². The van der Waals surface area contributed by atoms with E-state index in [1.165, 1.54) is 12.1 Å². The highest BCUT2D eigenvalue weighted by Gasteiger charge is 2.70. The molecule has 0 spiro atoms. The molecule has 116 valence electrons. The number of hydrogen-bond donors (Lipinski definition) is 1. The number of sulfone groups is 1. The first-order chi connectivity index (χ1) is 9.67. The average molecular weight is 312 g/mol. The van der Waals surface area contributed by atoms with Gasteiger partial charge in [-0.1, -0.05) is 32.0 Å². The summed E-state index contributed by atoms with van der Waals surface area (Å²) in [5.74, 6) is -0.894. The van der Waals surface area contributed by atoms with Crippen LogP contribution in [0.2, 0.25) is 0 Å². The van der Waals surface area contributed by atoms with Crippen LogP contribution in [0.3, 0.4) is 0 Å². The number of hydrogen-bond acceptors (Lipinski definition) is 5. The Kier molecular flexibility index (Phi) is 3.88. The van der Waals surface area contributed by atoms with Gasteiger partial charge in [-0.2, -0.15) is 0 Å². The van der Waals surface area contributed by atoms with Gasteiger partial charge in [-0.3, -0.25) is 4.79 Å². The standard InChI is InChI=1S/C15H20O5S/c1-4-20-13(16)12(15(17)10-14(15,2)3)21(18,19)11-8-6-5-7-9-11/h5-9,12,17H,4,10H2,1-3H3/t12?,15-/m1/s1. The first-order valence-electron chi connectivity index (χ1n) is 6.85. The van der Waals surface area contributed by atoms with Crippen LogP contribution in [0.25, 0.3) is 0 Å². The summed E-state index contributed by atoms with van der Waals surface area (Å²) in [5, 5.41) is 9.04. The molecular weight excluding hydrogens is 292 g/mol. The van der Waals surface area contributed by atoms with Gasteiger partial charge in [-0.15, -0.1) is 0 Å². The Morgan fingerprint density at radius 3 is 2.29 bits per heavy atom. The van der Waals surface area contributed by atoms with Gasteiger partial charge >= 0.3 is 5.97 Å². The van der Waals surface area contributed by atoms with Crippen molar-refractivity contribution in [2.24, 2.45) is 5.41 Å². The van der Waals surface area contributed by atoms with E-state index >= 15 is 0 Å². The molecule has 0 heterocycles. The van der Waals surface area contributed by atoms with Crippen molar-refractivity contribution in [3.05, 3.63) is 30.3 Å². The van der Waals surface area contributed by atoms with Crippen molar-refractivity contribution >= 4 is 15.8 Å². The summed E-state index contributed by atoms with van der Waals surface area (Å²) in [6.07, 6.45) is 0.246. The Balaban J connectivity index is 2.49. The molecule has 1 saturated carbocycles. The van der Waals surface area contributed by atoms with Crippen molar-refractivity contribution in [1.29, 1.82) is 0 Å². The Hall–Kier alpha value is -1.40. The van der Waals surface area contributed by atoms with E-state index in [4.69, 9.17) is 4.74 Å². The number of aliphatic hydroxyl groups is 1. The summed E-state index contributed by atoms with van der Waals surface area (Å²) in [4.78, 5) is 12.2. The minimum atomic E-state index is -4.01. The van der Waals surface area contributed by atoms with Crippen LogP contribution in [0, 0.1) is 5.41 Å². The molecule has 0 amide bonds. The van der Waals surface area contributed by atoms with E-state index in [1.807, 2.05) is 0 Å². The van der Waals surface area contributed by atoms with Gasteiger partial charge in [0.25, 0.3) is 0 Å². The topological polar surface area (TPSA) is 80.7 Å². The molecule has 2 rings (SSSR count). The van der Waals surface area contributed by atoms with E-state index in [9.17, 15) is 18.3 Å². The third-order valence-corrected chi connectivity index (χ3v) is 6.21. The van der Waals surface area contributed by atoms with E-state index in [0.717, 1.165) is 0 Å². The molecule has 0 saturated heterocycles. The maximum absolute atomic E-state index is 12.8. The van der Waals surface area contributed by atoms with Crippen molar-refractivity contribution in [2.75, 3.05) is 6.61 Å². The lowest BCUT2D eigenvalue weighted by Gasteiger charge is -2.24. The first kappa shape index (κ1) is 16.0. The highest BCUT2D eigenvalue weighted by molar-refractivity contribution is 7.93. The zero-order chi connectivity index (χ0) is 15.9. The van der Waals surface area contributed by atoms with Crippen LogP contribution in [-0.4, -0.2) is 37.0 Å². The molecule has 1 aliphatic rings. The third-order valence-electron chi connectivity index (χ3n) is 4.07. The van der Waals surface area contributed by atoms with Crippen LogP contribution in [0.4, 0.5) is 0 Å². The first-order valence-corrected chi connectivity index (χ1v) is 8.39.